The SMILES string of the molecule is CC(C)(C)OC(=O)N1CCC[C@H]1[C@@H](O)CO. The molecule has 0 aliphatic carbocycles. The lowest BCUT2D eigenvalue weighted by atomic mass is 10.1. The van der Waals surface area contributed by atoms with Crippen molar-refractivity contribution in [1.29, 1.82) is 0 Å². The molecule has 0 aromatic carbocycles. The maximum atomic E-state index is 11.8. The van der Waals surface area contributed by atoms with E-state index in [1.165, 1.54) is 4.90 Å². The molecule has 1 rings (SSSR count). The highest BCUT2D eigenvalue weighted by atomic mass is 16.6. The number of hydrogen-bond donors (Lipinski definition) is 2. The molecule has 0 unspecified atom stereocenters. The summed E-state index contributed by atoms with van der Waals surface area (Å²) < 4.78 is 5.24. The fourth-order valence-corrected chi connectivity index (χ4v) is 1.86. The number of ether oxygens (including phenoxy) is 1. The van der Waals surface area contributed by atoms with E-state index in [1.807, 2.05) is 0 Å². The zero-order valence-electron chi connectivity index (χ0n) is 10.1. The lowest BCUT2D eigenvalue weighted by Crippen LogP contribution is -2.46. The first kappa shape index (κ1) is 13.3. The van der Waals surface area contributed by atoms with Crippen molar-refractivity contribution in [3.05, 3.63) is 0 Å². The summed E-state index contributed by atoms with van der Waals surface area (Å²) in [5, 5.41) is 18.5. The topological polar surface area (TPSA) is 70.0 Å². The van der Waals surface area contributed by atoms with Crippen LogP contribution in [0.1, 0.15) is 33.6 Å². The van der Waals surface area contributed by atoms with E-state index in [9.17, 15) is 9.90 Å². The van der Waals surface area contributed by atoms with Gasteiger partial charge >= 0.3 is 6.09 Å². The summed E-state index contributed by atoms with van der Waals surface area (Å²) in [6, 6.07) is -0.320. The van der Waals surface area contributed by atoms with Gasteiger partial charge in [0.15, 0.2) is 0 Å². The van der Waals surface area contributed by atoms with E-state index in [0.29, 0.717) is 13.0 Å². The Morgan fingerprint density at radius 2 is 2.19 bits per heavy atom. The molecule has 2 atom stereocenters. The van der Waals surface area contributed by atoms with Crippen molar-refractivity contribution in [2.45, 2.75) is 51.4 Å². The second kappa shape index (κ2) is 5.01. The highest BCUT2D eigenvalue weighted by Gasteiger charge is 2.35. The van der Waals surface area contributed by atoms with Gasteiger partial charge in [0.05, 0.1) is 18.8 Å². The van der Waals surface area contributed by atoms with Crippen LogP contribution in [0, 0.1) is 0 Å². The smallest absolute Gasteiger partial charge is 0.410 e. The minimum atomic E-state index is -0.880. The van der Waals surface area contributed by atoms with E-state index in [4.69, 9.17) is 9.84 Å². The number of aliphatic hydroxyl groups excluding tert-OH is 2. The van der Waals surface area contributed by atoms with Gasteiger partial charge in [-0.1, -0.05) is 0 Å². The van der Waals surface area contributed by atoms with Crippen LogP contribution in [0.2, 0.25) is 0 Å². The van der Waals surface area contributed by atoms with Crippen molar-refractivity contribution < 1.29 is 19.7 Å². The first-order valence-corrected chi connectivity index (χ1v) is 5.63. The monoisotopic (exact) mass is 231 g/mol. The van der Waals surface area contributed by atoms with Gasteiger partial charge in [0.1, 0.15) is 5.60 Å². The second-order valence-corrected chi connectivity index (χ2v) is 5.13. The van der Waals surface area contributed by atoms with Crippen molar-refractivity contribution in [3.63, 3.8) is 0 Å². The molecule has 5 heteroatoms. The highest BCUT2D eigenvalue weighted by Crippen LogP contribution is 2.22. The molecular weight excluding hydrogens is 210 g/mol. The average Bonchev–Trinajstić information content (AvgIpc) is 2.62. The standard InChI is InChI=1S/C11H21NO4/c1-11(2,3)16-10(15)12-6-4-5-8(12)9(14)7-13/h8-9,13-14H,4-7H2,1-3H3/t8-,9-/m0/s1. The van der Waals surface area contributed by atoms with Crippen molar-refractivity contribution in [1.82, 2.24) is 4.90 Å². The van der Waals surface area contributed by atoms with Gasteiger partial charge in [-0.2, -0.15) is 0 Å². The molecule has 0 radical (unpaired) electrons. The first-order valence-electron chi connectivity index (χ1n) is 5.63. The van der Waals surface area contributed by atoms with Gasteiger partial charge < -0.3 is 19.8 Å². The van der Waals surface area contributed by atoms with Crippen LogP contribution in [-0.4, -0.2) is 52.1 Å². The molecule has 1 aliphatic heterocycles. The summed E-state index contributed by atoms with van der Waals surface area (Å²) in [5.41, 5.74) is -0.533. The molecule has 0 aromatic heterocycles. The van der Waals surface area contributed by atoms with E-state index >= 15 is 0 Å². The Kier molecular flexibility index (Phi) is 4.15. The van der Waals surface area contributed by atoms with E-state index in [1.54, 1.807) is 20.8 Å². The zero-order valence-corrected chi connectivity index (χ0v) is 10.1. The quantitative estimate of drug-likeness (QED) is 0.735. The molecule has 2 N–H and O–H groups in total. The third-order valence-electron chi connectivity index (χ3n) is 2.56. The summed E-state index contributed by atoms with van der Waals surface area (Å²) in [5.74, 6) is 0. The molecule has 94 valence electrons. The number of aliphatic hydroxyl groups is 2. The van der Waals surface area contributed by atoms with Crippen LogP contribution < -0.4 is 0 Å². The Labute approximate surface area is 96.0 Å². The lowest BCUT2D eigenvalue weighted by molar-refractivity contribution is -0.00623. The molecule has 16 heavy (non-hydrogen) atoms. The van der Waals surface area contributed by atoms with Crippen LogP contribution in [0.3, 0.4) is 0 Å². The normalized spacial score (nSPS) is 23.3. The predicted molar refractivity (Wildman–Crippen MR) is 59.1 cm³/mol. The number of rotatable bonds is 2. The zero-order chi connectivity index (χ0) is 12.3. The van der Waals surface area contributed by atoms with Crippen molar-refractivity contribution >= 4 is 6.09 Å². The van der Waals surface area contributed by atoms with Gasteiger partial charge in [0.25, 0.3) is 0 Å². The molecule has 0 bridgehead atoms. The highest BCUT2D eigenvalue weighted by molar-refractivity contribution is 5.69. The Bertz CT molecular complexity index is 249. The van der Waals surface area contributed by atoms with Crippen LogP contribution in [0.5, 0.6) is 0 Å². The fourth-order valence-electron chi connectivity index (χ4n) is 1.86. The predicted octanol–water partition coefficient (Wildman–Crippen LogP) is 0.739. The van der Waals surface area contributed by atoms with Gasteiger partial charge in [-0.15, -0.1) is 0 Å². The number of nitrogens with zero attached hydrogens (tertiary/aromatic N) is 1. The van der Waals surface area contributed by atoms with E-state index in [-0.39, 0.29) is 12.6 Å². The lowest BCUT2D eigenvalue weighted by Gasteiger charge is -2.30. The van der Waals surface area contributed by atoms with Gasteiger partial charge in [-0.25, -0.2) is 4.79 Å². The minimum absolute atomic E-state index is 0.320. The molecule has 0 saturated carbocycles. The summed E-state index contributed by atoms with van der Waals surface area (Å²) in [7, 11) is 0. The molecule has 1 fully saturated rings. The molecule has 0 spiro atoms. The van der Waals surface area contributed by atoms with Crippen molar-refractivity contribution in [2.24, 2.45) is 0 Å². The van der Waals surface area contributed by atoms with Gasteiger partial charge in [0, 0.05) is 6.54 Å². The third kappa shape index (κ3) is 3.35. The summed E-state index contributed by atoms with van der Waals surface area (Å²) in [4.78, 5) is 13.3. The number of carbonyl (C=O) groups is 1. The Morgan fingerprint density at radius 3 is 2.69 bits per heavy atom. The Hall–Kier alpha value is -0.810. The third-order valence-corrected chi connectivity index (χ3v) is 2.56. The number of amides is 1. The van der Waals surface area contributed by atoms with Gasteiger partial charge in [-0.05, 0) is 33.6 Å². The average molecular weight is 231 g/mol. The number of hydrogen-bond acceptors (Lipinski definition) is 4. The molecule has 1 heterocycles. The Morgan fingerprint density at radius 1 is 1.56 bits per heavy atom. The Balaban J connectivity index is 2.61. The molecule has 0 aromatic rings. The molecule has 1 amide bonds. The van der Waals surface area contributed by atoms with Crippen molar-refractivity contribution in [2.75, 3.05) is 13.2 Å². The van der Waals surface area contributed by atoms with Crippen LogP contribution in [0.25, 0.3) is 0 Å². The maximum Gasteiger partial charge on any atom is 0.410 e. The van der Waals surface area contributed by atoms with E-state index < -0.39 is 17.8 Å². The van der Waals surface area contributed by atoms with Crippen LogP contribution in [0.15, 0.2) is 0 Å². The second-order valence-electron chi connectivity index (χ2n) is 5.13. The maximum absolute atomic E-state index is 11.8. The van der Waals surface area contributed by atoms with E-state index in [0.717, 1.165) is 6.42 Å². The van der Waals surface area contributed by atoms with Crippen LogP contribution in [-0.2, 0) is 4.74 Å². The van der Waals surface area contributed by atoms with Gasteiger partial charge in [-0.3, -0.25) is 0 Å². The van der Waals surface area contributed by atoms with Crippen molar-refractivity contribution in [3.8, 4) is 0 Å². The molecule has 5 nitrogen and oxygen atoms in total. The summed E-state index contributed by atoms with van der Waals surface area (Å²) in [6.07, 6.45) is 0.250. The number of likely N-dealkylation sites (tertiary alicyclic amines) is 1. The minimum Gasteiger partial charge on any atom is -0.444 e. The summed E-state index contributed by atoms with van der Waals surface area (Å²) >= 11 is 0. The molecule has 1 saturated heterocycles. The summed E-state index contributed by atoms with van der Waals surface area (Å²) in [6.45, 7) is 5.66. The number of carbonyl (C=O) groups excluding carboxylic acids is 1. The fraction of sp³-hybridized carbons (Fsp3) is 0.909. The van der Waals surface area contributed by atoms with Crippen LogP contribution >= 0.6 is 0 Å². The van der Waals surface area contributed by atoms with Gasteiger partial charge in [0.2, 0.25) is 0 Å². The van der Waals surface area contributed by atoms with Crippen LogP contribution in [0.4, 0.5) is 4.79 Å². The first-order chi connectivity index (χ1) is 7.35. The molecule has 1 aliphatic rings. The van der Waals surface area contributed by atoms with E-state index in [2.05, 4.69) is 0 Å². The largest absolute Gasteiger partial charge is 0.444 e. The molecular formula is C11H21NO4.